The first kappa shape index (κ1) is 14.5. The molecule has 5 heteroatoms. The number of aryl methyl sites for hydroxylation is 2. The van der Waals surface area contributed by atoms with Crippen molar-refractivity contribution in [2.45, 2.75) is 64.6 Å². The fraction of sp³-hybridized carbons (Fsp3) is 0.625. The Morgan fingerprint density at radius 2 is 2.10 bits per heavy atom. The van der Waals surface area contributed by atoms with Crippen LogP contribution in [0.25, 0.3) is 5.65 Å². The third-order valence-electron chi connectivity index (χ3n) is 4.54. The summed E-state index contributed by atoms with van der Waals surface area (Å²) in [7, 11) is 0. The van der Waals surface area contributed by atoms with Gasteiger partial charge in [-0.15, -0.1) is 0 Å². The van der Waals surface area contributed by atoms with Crippen LogP contribution in [0.5, 0.6) is 0 Å². The van der Waals surface area contributed by atoms with Crippen LogP contribution in [0, 0.1) is 13.8 Å². The highest BCUT2D eigenvalue weighted by Gasteiger charge is 2.25. The number of nitrogens with one attached hydrogen (secondary N) is 1. The van der Waals surface area contributed by atoms with E-state index in [1.54, 1.807) is 0 Å². The van der Waals surface area contributed by atoms with Gasteiger partial charge in [-0.1, -0.05) is 12.8 Å². The minimum atomic E-state index is -0.231. The molecule has 3 unspecified atom stereocenters. The highest BCUT2D eigenvalue weighted by Crippen LogP contribution is 2.23. The van der Waals surface area contributed by atoms with Crippen LogP contribution in [-0.4, -0.2) is 31.9 Å². The van der Waals surface area contributed by atoms with E-state index in [9.17, 15) is 5.11 Å². The Hall–Kier alpha value is -1.46. The quantitative estimate of drug-likeness (QED) is 0.909. The molecule has 0 bridgehead atoms. The lowest BCUT2D eigenvalue weighted by molar-refractivity contribution is 0.0859. The molecule has 2 aromatic rings. The number of aliphatic hydroxyl groups is 1. The number of nitrogens with zero attached hydrogens (tertiary/aromatic N) is 3. The van der Waals surface area contributed by atoms with Gasteiger partial charge in [0.25, 0.3) is 0 Å². The summed E-state index contributed by atoms with van der Waals surface area (Å²) >= 11 is 0. The van der Waals surface area contributed by atoms with E-state index in [2.05, 4.69) is 29.2 Å². The Kier molecular flexibility index (Phi) is 3.95. The largest absolute Gasteiger partial charge is 0.392 e. The van der Waals surface area contributed by atoms with Crippen LogP contribution >= 0.6 is 0 Å². The number of rotatable bonds is 3. The third kappa shape index (κ3) is 2.80. The first-order valence-corrected chi connectivity index (χ1v) is 7.82. The molecule has 0 saturated heterocycles. The molecule has 3 atom stereocenters. The van der Waals surface area contributed by atoms with Gasteiger partial charge in [0, 0.05) is 35.6 Å². The lowest BCUT2D eigenvalue weighted by Crippen LogP contribution is -2.43. The van der Waals surface area contributed by atoms with Crippen LogP contribution in [0.4, 0.5) is 0 Å². The van der Waals surface area contributed by atoms with Crippen molar-refractivity contribution in [2.24, 2.45) is 0 Å². The second-order valence-electron chi connectivity index (χ2n) is 6.20. The number of hydrogen-bond acceptors (Lipinski definition) is 4. The summed E-state index contributed by atoms with van der Waals surface area (Å²) in [6.45, 7) is 6.19. The summed E-state index contributed by atoms with van der Waals surface area (Å²) in [6.07, 6.45) is 5.96. The first-order chi connectivity index (χ1) is 10.1. The zero-order valence-electron chi connectivity index (χ0n) is 13.0. The molecule has 0 aromatic carbocycles. The van der Waals surface area contributed by atoms with Crippen molar-refractivity contribution in [1.29, 1.82) is 0 Å². The molecule has 0 radical (unpaired) electrons. The summed E-state index contributed by atoms with van der Waals surface area (Å²) < 4.78 is 1.90. The van der Waals surface area contributed by atoms with Crippen LogP contribution in [0.1, 0.15) is 55.6 Å². The maximum absolute atomic E-state index is 10.1. The smallest absolute Gasteiger partial charge is 0.155 e. The molecule has 1 saturated carbocycles. The Morgan fingerprint density at radius 1 is 1.33 bits per heavy atom. The van der Waals surface area contributed by atoms with Crippen LogP contribution in [0.15, 0.2) is 12.3 Å². The van der Waals surface area contributed by atoms with Gasteiger partial charge in [-0.2, -0.15) is 5.10 Å². The molecule has 5 nitrogen and oxygen atoms in total. The van der Waals surface area contributed by atoms with Gasteiger partial charge in [-0.25, -0.2) is 9.50 Å². The second-order valence-corrected chi connectivity index (χ2v) is 6.20. The van der Waals surface area contributed by atoms with E-state index >= 15 is 0 Å². The Balaban J connectivity index is 1.83. The highest BCUT2D eigenvalue weighted by molar-refractivity contribution is 5.42. The summed E-state index contributed by atoms with van der Waals surface area (Å²) in [5.41, 5.74) is 4.12. The standard InChI is InChI=1S/C16H24N4O/c1-10-8-16-17-9-13(12(3)20(16)19-10)11(2)18-14-6-4-5-7-15(14)21/h8-9,11,14-15,18,21H,4-7H2,1-3H3. The lowest BCUT2D eigenvalue weighted by atomic mass is 9.91. The molecule has 3 rings (SSSR count). The van der Waals surface area contributed by atoms with Crippen molar-refractivity contribution in [1.82, 2.24) is 19.9 Å². The molecule has 2 N–H and O–H groups in total. The van der Waals surface area contributed by atoms with Gasteiger partial charge in [0.15, 0.2) is 5.65 Å². The van der Waals surface area contributed by atoms with Gasteiger partial charge < -0.3 is 10.4 Å². The molecule has 114 valence electrons. The number of fused-ring (bicyclic) bond motifs is 1. The molecule has 2 heterocycles. The van der Waals surface area contributed by atoms with Gasteiger partial charge in [0.05, 0.1) is 11.8 Å². The summed E-state index contributed by atoms with van der Waals surface area (Å²) in [5, 5.41) is 18.2. The molecule has 1 fully saturated rings. The molecule has 0 amide bonds. The minimum Gasteiger partial charge on any atom is -0.392 e. The normalized spacial score (nSPS) is 24.4. The second kappa shape index (κ2) is 5.73. The number of hydrogen-bond donors (Lipinski definition) is 2. The van der Waals surface area contributed by atoms with Crippen LogP contribution in [0.2, 0.25) is 0 Å². The molecule has 1 aliphatic rings. The Morgan fingerprint density at radius 3 is 2.86 bits per heavy atom. The van der Waals surface area contributed by atoms with Crippen molar-refractivity contribution in [3.63, 3.8) is 0 Å². The van der Waals surface area contributed by atoms with Crippen LogP contribution < -0.4 is 5.32 Å². The highest BCUT2D eigenvalue weighted by atomic mass is 16.3. The van der Waals surface area contributed by atoms with Crippen molar-refractivity contribution < 1.29 is 5.11 Å². The molecule has 1 aliphatic carbocycles. The predicted molar refractivity (Wildman–Crippen MR) is 82.3 cm³/mol. The van der Waals surface area contributed by atoms with Gasteiger partial charge in [-0.05, 0) is 33.6 Å². The fourth-order valence-electron chi connectivity index (χ4n) is 3.32. The van der Waals surface area contributed by atoms with E-state index < -0.39 is 0 Å². The van der Waals surface area contributed by atoms with Gasteiger partial charge in [0.2, 0.25) is 0 Å². The van der Waals surface area contributed by atoms with Crippen molar-refractivity contribution >= 4 is 5.65 Å². The van der Waals surface area contributed by atoms with E-state index in [1.165, 1.54) is 6.42 Å². The lowest BCUT2D eigenvalue weighted by Gasteiger charge is -2.31. The molecule has 0 spiro atoms. The number of aromatic nitrogens is 3. The first-order valence-electron chi connectivity index (χ1n) is 7.82. The topological polar surface area (TPSA) is 62.5 Å². The number of aliphatic hydroxyl groups excluding tert-OH is 1. The predicted octanol–water partition coefficient (Wildman–Crippen LogP) is 2.30. The van der Waals surface area contributed by atoms with Crippen LogP contribution in [0.3, 0.4) is 0 Å². The van der Waals surface area contributed by atoms with Gasteiger partial charge in [0.1, 0.15) is 0 Å². The summed E-state index contributed by atoms with van der Waals surface area (Å²) in [5.74, 6) is 0. The molecular weight excluding hydrogens is 264 g/mol. The van der Waals surface area contributed by atoms with Gasteiger partial charge >= 0.3 is 0 Å². The average molecular weight is 288 g/mol. The van der Waals surface area contributed by atoms with Crippen molar-refractivity contribution in [2.75, 3.05) is 0 Å². The summed E-state index contributed by atoms with van der Waals surface area (Å²) in [4.78, 5) is 4.49. The third-order valence-corrected chi connectivity index (χ3v) is 4.54. The maximum Gasteiger partial charge on any atom is 0.155 e. The fourth-order valence-corrected chi connectivity index (χ4v) is 3.32. The Labute approximate surface area is 125 Å². The van der Waals surface area contributed by atoms with Gasteiger partial charge in [-0.3, -0.25) is 0 Å². The molecule has 0 aliphatic heterocycles. The zero-order chi connectivity index (χ0) is 15.0. The minimum absolute atomic E-state index is 0.157. The Bertz CT molecular complexity index is 636. The molecule has 2 aromatic heterocycles. The molecular formula is C16H24N4O. The average Bonchev–Trinajstić information content (AvgIpc) is 2.83. The monoisotopic (exact) mass is 288 g/mol. The maximum atomic E-state index is 10.1. The van der Waals surface area contributed by atoms with E-state index in [4.69, 9.17) is 0 Å². The summed E-state index contributed by atoms with van der Waals surface area (Å²) in [6, 6.07) is 2.33. The SMILES string of the molecule is Cc1cc2ncc(C(C)NC3CCCCC3O)c(C)n2n1. The van der Waals surface area contributed by atoms with E-state index in [1.807, 2.05) is 23.7 Å². The van der Waals surface area contributed by atoms with Crippen molar-refractivity contribution in [3.8, 4) is 0 Å². The zero-order valence-corrected chi connectivity index (χ0v) is 13.0. The van der Waals surface area contributed by atoms with Crippen LogP contribution in [-0.2, 0) is 0 Å². The van der Waals surface area contributed by atoms with Crippen molar-refractivity contribution in [3.05, 3.63) is 29.2 Å². The van der Waals surface area contributed by atoms with E-state index in [-0.39, 0.29) is 18.2 Å². The molecule has 21 heavy (non-hydrogen) atoms. The van der Waals surface area contributed by atoms with E-state index in [0.717, 1.165) is 41.9 Å². The van der Waals surface area contributed by atoms with E-state index in [0.29, 0.717) is 0 Å².